The summed E-state index contributed by atoms with van der Waals surface area (Å²) in [7, 11) is 0. The van der Waals surface area contributed by atoms with E-state index in [0.717, 1.165) is 28.2 Å². The van der Waals surface area contributed by atoms with Gasteiger partial charge in [-0.05, 0) is 28.2 Å². The van der Waals surface area contributed by atoms with Crippen molar-refractivity contribution in [2.45, 2.75) is 62.7 Å². The van der Waals surface area contributed by atoms with Crippen LogP contribution < -0.4 is 0 Å². The highest BCUT2D eigenvalue weighted by atomic mass is 32.2. The maximum atomic E-state index is 6.75. The van der Waals surface area contributed by atoms with Crippen LogP contribution in [0.5, 0.6) is 0 Å². The third kappa shape index (κ3) is 9.17. The van der Waals surface area contributed by atoms with Crippen molar-refractivity contribution in [2.75, 3.05) is 18.1 Å². The second-order valence-electron chi connectivity index (χ2n) is 8.93. The summed E-state index contributed by atoms with van der Waals surface area (Å²) in [5.74, 6) is 2.01. The predicted molar refractivity (Wildman–Crippen MR) is 155 cm³/mol. The van der Waals surface area contributed by atoms with Crippen molar-refractivity contribution >= 4 is 23.5 Å². The molecule has 6 heteroatoms. The van der Waals surface area contributed by atoms with Crippen molar-refractivity contribution in [3.63, 3.8) is 0 Å². The molecule has 37 heavy (non-hydrogen) atoms. The minimum Gasteiger partial charge on any atom is -0.370 e. The van der Waals surface area contributed by atoms with Gasteiger partial charge in [-0.3, -0.25) is 0 Å². The molecule has 0 spiro atoms. The molecule has 0 amide bonds. The van der Waals surface area contributed by atoms with Crippen molar-refractivity contribution < 1.29 is 18.9 Å². The van der Waals surface area contributed by atoms with Crippen LogP contribution in [0.3, 0.4) is 0 Å². The second kappa shape index (κ2) is 15.6. The smallest absolute Gasteiger partial charge is 0.115 e. The van der Waals surface area contributed by atoms with Crippen LogP contribution in [0.2, 0.25) is 0 Å². The maximum absolute atomic E-state index is 6.75. The monoisotopic (exact) mass is 538 g/mol. The first-order valence-corrected chi connectivity index (χ1v) is 15.2. The van der Waals surface area contributed by atoms with E-state index in [4.69, 9.17) is 18.9 Å². The van der Waals surface area contributed by atoms with Gasteiger partial charge in [0.05, 0.1) is 31.0 Å². The van der Waals surface area contributed by atoms with Crippen LogP contribution in [0.15, 0.2) is 91.0 Å². The summed E-state index contributed by atoms with van der Waals surface area (Å²) >= 11 is 3.84. The van der Waals surface area contributed by atoms with E-state index in [1.54, 1.807) is 0 Å². The second-order valence-corrected chi connectivity index (χ2v) is 12.1. The lowest BCUT2D eigenvalue weighted by atomic mass is 10.0. The molecule has 0 radical (unpaired) electrons. The van der Waals surface area contributed by atoms with E-state index in [9.17, 15) is 0 Å². The zero-order valence-corrected chi connectivity index (χ0v) is 23.4. The van der Waals surface area contributed by atoms with Crippen molar-refractivity contribution in [3.8, 4) is 0 Å². The van der Waals surface area contributed by atoms with Gasteiger partial charge in [-0.1, -0.05) is 105 Å². The van der Waals surface area contributed by atoms with Crippen LogP contribution in [-0.2, 0) is 38.8 Å². The van der Waals surface area contributed by atoms with Crippen LogP contribution in [0.4, 0.5) is 0 Å². The van der Waals surface area contributed by atoms with Crippen molar-refractivity contribution in [1.29, 1.82) is 0 Å². The Bertz CT molecular complexity index is 995. The molecule has 0 unspecified atom stereocenters. The van der Waals surface area contributed by atoms with Gasteiger partial charge >= 0.3 is 0 Å². The summed E-state index contributed by atoms with van der Waals surface area (Å²) in [6.45, 7) is 6.62. The molecule has 198 valence electrons. The number of epoxide rings is 1. The fourth-order valence-corrected chi connectivity index (χ4v) is 6.93. The lowest BCUT2D eigenvalue weighted by molar-refractivity contribution is -0.152. The van der Waals surface area contributed by atoms with Gasteiger partial charge in [-0.25, -0.2) is 0 Å². The summed E-state index contributed by atoms with van der Waals surface area (Å²) < 4.78 is 26.1. The molecule has 1 aliphatic rings. The Morgan fingerprint density at radius 2 is 1.05 bits per heavy atom. The molecule has 4 atom stereocenters. The number of benzene rings is 3. The first-order chi connectivity index (χ1) is 18.3. The topological polar surface area (TPSA) is 40.2 Å². The van der Waals surface area contributed by atoms with E-state index >= 15 is 0 Å². The molecule has 1 saturated heterocycles. The van der Waals surface area contributed by atoms with Crippen LogP contribution in [-0.4, -0.2) is 47.1 Å². The minimum absolute atomic E-state index is 0.00575. The predicted octanol–water partition coefficient (Wildman–Crippen LogP) is 6.97. The van der Waals surface area contributed by atoms with Crippen molar-refractivity contribution in [1.82, 2.24) is 0 Å². The Morgan fingerprint density at radius 3 is 1.46 bits per heavy atom. The Labute approximate surface area is 230 Å². The van der Waals surface area contributed by atoms with Gasteiger partial charge in [-0.15, -0.1) is 23.5 Å². The van der Waals surface area contributed by atoms with E-state index < -0.39 is 0 Å². The first kappa shape index (κ1) is 28.2. The third-order valence-electron chi connectivity index (χ3n) is 6.16. The minimum atomic E-state index is -0.289. The molecule has 0 saturated carbocycles. The molecule has 1 fully saturated rings. The van der Waals surface area contributed by atoms with E-state index in [0.29, 0.717) is 26.4 Å². The lowest BCUT2D eigenvalue weighted by Crippen LogP contribution is -2.49. The van der Waals surface area contributed by atoms with Crippen molar-refractivity contribution in [3.05, 3.63) is 108 Å². The highest BCUT2D eigenvalue weighted by Gasteiger charge is 2.46. The summed E-state index contributed by atoms with van der Waals surface area (Å²) in [6.07, 6.45) is -0.694. The summed E-state index contributed by atoms with van der Waals surface area (Å²) in [5.41, 5.74) is 3.43. The summed E-state index contributed by atoms with van der Waals surface area (Å²) in [6, 6.07) is 31.0. The zero-order chi connectivity index (χ0) is 25.7. The highest BCUT2D eigenvalue weighted by Crippen LogP contribution is 2.36. The average Bonchev–Trinajstić information content (AvgIpc) is 3.79. The van der Waals surface area contributed by atoms with E-state index in [2.05, 4.69) is 62.4 Å². The Hall–Kier alpha value is -1.80. The van der Waals surface area contributed by atoms with Crippen LogP contribution in [0, 0.1) is 0 Å². The molecule has 3 aromatic rings. The van der Waals surface area contributed by atoms with Crippen LogP contribution >= 0.6 is 23.5 Å². The summed E-state index contributed by atoms with van der Waals surface area (Å²) in [5, 5.41) is 0. The Kier molecular flexibility index (Phi) is 11.9. The largest absolute Gasteiger partial charge is 0.370 e. The van der Waals surface area contributed by atoms with Crippen LogP contribution in [0.1, 0.15) is 30.5 Å². The molecule has 0 aromatic heterocycles. The van der Waals surface area contributed by atoms with Crippen LogP contribution in [0.25, 0.3) is 0 Å². The van der Waals surface area contributed by atoms with Crippen molar-refractivity contribution in [2.24, 2.45) is 0 Å². The van der Waals surface area contributed by atoms with Gasteiger partial charge in [-0.2, -0.15) is 0 Å². The SMILES string of the molecule is CCSC(SCC)[C@H](OCc1ccccc1)[C@@H](OCc1ccccc1)[C@@H](OCc1ccccc1)[C@@H]1CO1. The molecule has 0 N–H and O–H groups in total. The maximum Gasteiger partial charge on any atom is 0.115 e. The number of hydrogen-bond donors (Lipinski definition) is 0. The summed E-state index contributed by atoms with van der Waals surface area (Å²) in [4.78, 5) is 0. The molecule has 4 rings (SSSR count). The van der Waals surface area contributed by atoms with Gasteiger partial charge in [0.25, 0.3) is 0 Å². The highest BCUT2D eigenvalue weighted by molar-refractivity contribution is 8.17. The van der Waals surface area contributed by atoms with Gasteiger partial charge < -0.3 is 18.9 Å². The Balaban J connectivity index is 1.61. The quantitative estimate of drug-likeness (QED) is 0.136. The molecule has 3 aromatic carbocycles. The number of thioether (sulfide) groups is 2. The van der Waals surface area contributed by atoms with Gasteiger partial charge in [0.1, 0.15) is 24.4 Å². The molecule has 0 aliphatic carbocycles. The number of ether oxygens (including phenoxy) is 4. The van der Waals surface area contributed by atoms with Gasteiger partial charge in [0, 0.05) is 0 Å². The zero-order valence-electron chi connectivity index (χ0n) is 21.7. The molecular weight excluding hydrogens is 500 g/mol. The van der Waals surface area contributed by atoms with Gasteiger partial charge in [0.2, 0.25) is 0 Å². The third-order valence-corrected chi connectivity index (χ3v) is 8.84. The number of hydrogen-bond acceptors (Lipinski definition) is 6. The lowest BCUT2D eigenvalue weighted by Gasteiger charge is -2.37. The molecule has 1 aliphatic heterocycles. The fourth-order valence-electron chi connectivity index (χ4n) is 4.23. The molecule has 4 nitrogen and oxygen atoms in total. The number of rotatable bonds is 17. The van der Waals surface area contributed by atoms with E-state index in [1.165, 1.54) is 0 Å². The first-order valence-electron chi connectivity index (χ1n) is 13.1. The average molecular weight is 539 g/mol. The van der Waals surface area contributed by atoms with Gasteiger partial charge in [0.15, 0.2) is 0 Å². The Morgan fingerprint density at radius 1 is 0.649 bits per heavy atom. The molecular formula is C31H38O4S2. The van der Waals surface area contributed by atoms with E-state index in [-0.39, 0.29) is 29.0 Å². The fraction of sp³-hybridized carbons (Fsp3) is 0.419. The normalized spacial score (nSPS) is 17.4. The van der Waals surface area contributed by atoms with E-state index in [1.807, 2.05) is 66.0 Å². The molecule has 0 bridgehead atoms. The standard InChI is InChI=1S/C31H38O4S2/c1-3-36-31(37-4-2)30(35-22-26-18-12-7-13-19-26)29(34-21-25-16-10-6-11-17-25)28(27-23-32-27)33-20-24-14-8-5-9-15-24/h5-19,27-31H,3-4,20-23H2,1-2H3/t27-,28-,29-,30+/m0/s1. The molecule has 1 heterocycles.